The highest BCUT2D eigenvalue weighted by Crippen LogP contribution is 2.17. The van der Waals surface area contributed by atoms with Gasteiger partial charge in [-0.1, -0.05) is 22.9 Å². The maximum atomic E-state index is 13.5. The fourth-order valence-electron chi connectivity index (χ4n) is 1.25. The summed E-state index contributed by atoms with van der Waals surface area (Å²) in [7, 11) is 0. The number of aliphatic hydroxyl groups is 1. The van der Waals surface area contributed by atoms with Crippen LogP contribution < -0.4 is 5.32 Å². The van der Waals surface area contributed by atoms with Gasteiger partial charge in [0.25, 0.3) is 5.91 Å². The van der Waals surface area contributed by atoms with Crippen LogP contribution in [-0.2, 0) is 0 Å². The number of benzene rings is 1. The van der Waals surface area contributed by atoms with E-state index in [0.29, 0.717) is 10.9 Å². The quantitative estimate of drug-likeness (QED) is 0.898. The van der Waals surface area contributed by atoms with Gasteiger partial charge >= 0.3 is 0 Å². The van der Waals surface area contributed by atoms with Gasteiger partial charge in [-0.3, -0.25) is 4.79 Å². The normalized spacial score (nSPS) is 14.2. The van der Waals surface area contributed by atoms with Crippen molar-refractivity contribution in [1.29, 1.82) is 0 Å². The van der Waals surface area contributed by atoms with Crippen LogP contribution in [0, 0.1) is 5.82 Å². The Balaban J connectivity index is 2.94. The summed E-state index contributed by atoms with van der Waals surface area (Å²) in [6.45, 7) is 3.36. The fourth-order valence-corrected chi connectivity index (χ4v) is 1.61. The predicted octanol–water partition coefficient (Wildman–Crippen LogP) is 2.48. The molecule has 0 aromatic heterocycles. The molecule has 1 unspecified atom stereocenters. The van der Waals surface area contributed by atoms with Gasteiger partial charge in [0.1, 0.15) is 5.82 Å². The average Bonchev–Trinajstić information content (AvgIpc) is 2.32. The molecule has 0 aliphatic heterocycles. The van der Waals surface area contributed by atoms with Crippen molar-refractivity contribution in [3.63, 3.8) is 0 Å². The van der Waals surface area contributed by atoms with Gasteiger partial charge in [0.2, 0.25) is 0 Å². The predicted molar refractivity (Wildman–Crippen MR) is 67.3 cm³/mol. The van der Waals surface area contributed by atoms with E-state index >= 15 is 0 Å². The van der Waals surface area contributed by atoms with Crippen LogP contribution in [0.2, 0.25) is 0 Å². The Morgan fingerprint density at radius 2 is 2.24 bits per heavy atom. The van der Waals surface area contributed by atoms with Crippen LogP contribution in [0.15, 0.2) is 22.7 Å². The summed E-state index contributed by atoms with van der Waals surface area (Å²) in [5, 5.41) is 11.8. The van der Waals surface area contributed by atoms with Gasteiger partial charge in [-0.25, -0.2) is 4.39 Å². The Bertz CT molecular complexity index is 419. The molecule has 1 aromatic carbocycles. The maximum absolute atomic E-state index is 13.5. The van der Waals surface area contributed by atoms with Crippen molar-refractivity contribution in [3.05, 3.63) is 34.1 Å². The lowest BCUT2D eigenvalue weighted by Gasteiger charge is -2.27. The lowest BCUT2D eigenvalue weighted by molar-refractivity contribution is 0.0843. The minimum atomic E-state index is -0.730. The summed E-state index contributed by atoms with van der Waals surface area (Å²) in [6.07, 6.45) is 0.560. The molecule has 17 heavy (non-hydrogen) atoms. The zero-order chi connectivity index (χ0) is 13.1. The Hall–Kier alpha value is -0.940. The van der Waals surface area contributed by atoms with Gasteiger partial charge in [-0.05, 0) is 31.5 Å². The third-order valence-corrected chi connectivity index (χ3v) is 3.21. The summed E-state index contributed by atoms with van der Waals surface area (Å²) < 4.78 is 14.1. The molecule has 0 radical (unpaired) electrons. The van der Waals surface area contributed by atoms with Crippen LogP contribution in [0.3, 0.4) is 0 Å². The number of nitrogens with one attached hydrogen (secondary N) is 1. The van der Waals surface area contributed by atoms with E-state index in [-0.39, 0.29) is 12.2 Å². The number of hydrogen-bond donors (Lipinski definition) is 2. The average molecular weight is 304 g/mol. The SMILES string of the molecule is CCC(C)(CO)NC(=O)c1cc(Br)ccc1F. The smallest absolute Gasteiger partial charge is 0.254 e. The van der Waals surface area contributed by atoms with Crippen molar-refractivity contribution in [3.8, 4) is 0 Å². The van der Waals surface area contributed by atoms with Gasteiger partial charge in [-0.2, -0.15) is 0 Å². The van der Waals surface area contributed by atoms with Crippen molar-refractivity contribution in [2.24, 2.45) is 0 Å². The molecular formula is C12H15BrFNO2. The van der Waals surface area contributed by atoms with Crippen LogP contribution in [-0.4, -0.2) is 23.2 Å². The minimum Gasteiger partial charge on any atom is -0.394 e. The largest absolute Gasteiger partial charge is 0.394 e. The van der Waals surface area contributed by atoms with E-state index in [1.807, 2.05) is 6.92 Å². The molecule has 0 saturated carbocycles. The highest BCUT2D eigenvalue weighted by atomic mass is 79.9. The molecule has 0 aliphatic carbocycles. The van der Waals surface area contributed by atoms with Crippen LogP contribution in [0.1, 0.15) is 30.6 Å². The van der Waals surface area contributed by atoms with E-state index in [1.54, 1.807) is 6.92 Å². The summed E-state index contributed by atoms with van der Waals surface area (Å²) in [6, 6.07) is 4.16. The first-order valence-electron chi connectivity index (χ1n) is 5.30. The number of halogens is 2. The first kappa shape index (κ1) is 14.1. The van der Waals surface area contributed by atoms with Crippen LogP contribution in [0.25, 0.3) is 0 Å². The van der Waals surface area contributed by atoms with E-state index in [1.165, 1.54) is 18.2 Å². The summed E-state index contributed by atoms with van der Waals surface area (Å²) in [5.74, 6) is -1.11. The first-order valence-corrected chi connectivity index (χ1v) is 6.09. The Morgan fingerprint density at radius 1 is 1.59 bits per heavy atom. The lowest BCUT2D eigenvalue weighted by atomic mass is 9.99. The van der Waals surface area contributed by atoms with E-state index in [0.717, 1.165) is 0 Å². The topological polar surface area (TPSA) is 49.3 Å². The second-order valence-corrected chi connectivity index (χ2v) is 5.07. The van der Waals surface area contributed by atoms with Crippen molar-refractivity contribution in [1.82, 2.24) is 5.32 Å². The van der Waals surface area contributed by atoms with Crippen molar-refractivity contribution in [2.75, 3.05) is 6.61 Å². The van der Waals surface area contributed by atoms with Gasteiger partial charge in [0, 0.05) is 4.47 Å². The van der Waals surface area contributed by atoms with E-state index in [4.69, 9.17) is 0 Å². The molecule has 1 rings (SSSR count). The molecular weight excluding hydrogens is 289 g/mol. The molecule has 0 heterocycles. The molecule has 0 fully saturated rings. The van der Waals surface area contributed by atoms with Gasteiger partial charge in [-0.15, -0.1) is 0 Å². The molecule has 0 spiro atoms. The zero-order valence-electron chi connectivity index (χ0n) is 9.76. The molecule has 0 bridgehead atoms. The monoisotopic (exact) mass is 303 g/mol. The molecule has 1 aromatic rings. The summed E-state index contributed by atoms with van der Waals surface area (Å²) >= 11 is 3.18. The highest BCUT2D eigenvalue weighted by Gasteiger charge is 2.25. The molecule has 2 N–H and O–H groups in total. The number of hydrogen-bond acceptors (Lipinski definition) is 2. The number of aliphatic hydroxyl groups excluding tert-OH is 1. The molecule has 0 saturated heterocycles. The lowest BCUT2D eigenvalue weighted by Crippen LogP contribution is -2.48. The standard InChI is InChI=1S/C12H15BrFNO2/c1-3-12(2,7-16)15-11(17)9-6-8(13)4-5-10(9)14/h4-6,16H,3,7H2,1-2H3,(H,15,17). The van der Waals surface area contributed by atoms with Crippen molar-refractivity contribution < 1.29 is 14.3 Å². The second kappa shape index (κ2) is 5.60. The minimum absolute atomic E-state index is 0.0347. The molecule has 0 aliphatic rings. The maximum Gasteiger partial charge on any atom is 0.254 e. The van der Waals surface area contributed by atoms with E-state index in [2.05, 4.69) is 21.2 Å². The van der Waals surface area contributed by atoms with Crippen LogP contribution in [0.4, 0.5) is 4.39 Å². The second-order valence-electron chi connectivity index (χ2n) is 4.15. The molecule has 5 heteroatoms. The summed E-state index contributed by atoms with van der Waals surface area (Å²) in [4.78, 5) is 11.9. The third kappa shape index (κ3) is 3.51. The van der Waals surface area contributed by atoms with Crippen molar-refractivity contribution >= 4 is 21.8 Å². The van der Waals surface area contributed by atoms with Crippen LogP contribution in [0.5, 0.6) is 0 Å². The van der Waals surface area contributed by atoms with Gasteiger partial charge < -0.3 is 10.4 Å². The van der Waals surface area contributed by atoms with E-state index in [9.17, 15) is 14.3 Å². The Morgan fingerprint density at radius 3 is 2.76 bits per heavy atom. The van der Waals surface area contributed by atoms with Crippen molar-refractivity contribution in [2.45, 2.75) is 25.8 Å². The number of carbonyl (C=O) groups excluding carboxylic acids is 1. The molecule has 3 nitrogen and oxygen atoms in total. The highest BCUT2D eigenvalue weighted by molar-refractivity contribution is 9.10. The fraction of sp³-hybridized carbons (Fsp3) is 0.417. The zero-order valence-corrected chi connectivity index (χ0v) is 11.3. The van der Waals surface area contributed by atoms with E-state index < -0.39 is 17.3 Å². The van der Waals surface area contributed by atoms with Gasteiger partial charge in [0.15, 0.2) is 0 Å². The Labute approximate surface area is 108 Å². The van der Waals surface area contributed by atoms with Gasteiger partial charge in [0.05, 0.1) is 17.7 Å². The summed E-state index contributed by atoms with van der Waals surface area (Å²) in [5.41, 5.74) is -0.765. The molecule has 94 valence electrons. The Kier molecular flexibility index (Phi) is 4.65. The number of amides is 1. The molecule has 1 atom stereocenters. The molecule has 1 amide bonds. The number of carbonyl (C=O) groups is 1. The van der Waals surface area contributed by atoms with Crippen LogP contribution >= 0.6 is 15.9 Å². The number of rotatable bonds is 4. The third-order valence-electron chi connectivity index (χ3n) is 2.72. The first-order chi connectivity index (χ1) is 7.91.